The predicted octanol–water partition coefficient (Wildman–Crippen LogP) is 9.40. The molecular formula is C33H45NO. The van der Waals surface area contributed by atoms with Crippen molar-refractivity contribution in [3.63, 3.8) is 0 Å². The SMILES string of the molecule is CCCCCCCOc1ccc(-c2ccc(CCc3ccc(CCCCCCC)cn3)cc2)cc1. The fourth-order valence-corrected chi connectivity index (χ4v) is 4.46. The van der Waals surface area contributed by atoms with E-state index >= 15 is 0 Å². The molecule has 1 aromatic heterocycles. The molecule has 0 N–H and O–H groups in total. The maximum atomic E-state index is 5.90. The maximum Gasteiger partial charge on any atom is 0.119 e. The highest BCUT2D eigenvalue weighted by Crippen LogP contribution is 2.23. The van der Waals surface area contributed by atoms with Gasteiger partial charge in [0.15, 0.2) is 0 Å². The van der Waals surface area contributed by atoms with Crippen molar-refractivity contribution in [1.29, 1.82) is 0 Å². The minimum atomic E-state index is 0.814. The number of unbranched alkanes of at least 4 members (excludes halogenated alkanes) is 8. The van der Waals surface area contributed by atoms with Crippen LogP contribution >= 0.6 is 0 Å². The molecule has 0 fully saturated rings. The van der Waals surface area contributed by atoms with Gasteiger partial charge in [-0.2, -0.15) is 0 Å². The third kappa shape index (κ3) is 10.3. The number of nitrogens with zero attached hydrogens (tertiary/aromatic N) is 1. The Morgan fingerprint density at radius 2 is 1.14 bits per heavy atom. The molecule has 0 bridgehead atoms. The lowest BCUT2D eigenvalue weighted by Gasteiger charge is -2.08. The van der Waals surface area contributed by atoms with Gasteiger partial charge in [-0.1, -0.05) is 108 Å². The van der Waals surface area contributed by atoms with Gasteiger partial charge >= 0.3 is 0 Å². The largest absolute Gasteiger partial charge is 0.494 e. The molecular weight excluding hydrogens is 426 g/mol. The molecule has 3 rings (SSSR count). The van der Waals surface area contributed by atoms with Gasteiger partial charge < -0.3 is 4.74 Å². The number of hydrogen-bond acceptors (Lipinski definition) is 2. The van der Waals surface area contributed by atoms with Gasteiger partial charge in [-0.15, -0.1) is 0 Å². The molecule has 0 unspecified atom stereocenters. The molecule has 1 heterocycles. The molecule has 2 heteroatoms. The number of hydrogen-bond donors (Lipinski definition) is 0. The standard InChI is InChI=1S/C33H45NO/c1-3-5-7-9-11-13-29-17-23-32(34-27-29)22-16-28-14-18-30(19-15-28)31-20-24-33(25-21-31)35-26-12-10-8-6-4-2/h14-15,17-21,23-25,27H,3-13,16,22,26H2,1-2H3. The first-order valence-electron chi connectivity index (χ1n) is 14.0. The van der Waals surface area contributed by atoms with Crippen molar-refractivity contribution in [2.24, 2.45) is 0 Å². The zero-order chi connectivity index (χ0) is 24.6. The van der Waals surface area contributed by atoms with Gasteiger partial charge in [0.05, 0.1) is 6.61 Å². The number of pyridine rings is 1. The minimum absolute atomic E-state index is 0.814. The molecule has 0 saturated carbocycles. The van der Waals surface area contributed by atoms with Crippen LogP contribution < -0.4 is 4.74 Å². The highest BCUT2D eigenvalue weighted by Gasteiger charge is 2.02. The van der Waals surface area contributed by atoms with Crippen LogP contribution in [-0.4, -0.2) is 11.6 Å². The van der Waals surface area contributed by atoms with E-state index in [4.69, 9.17) is 9.72 Å². The van der Waals surface area contributed by atoms with Crippen molar-refractivity contribution in [2.45, 2.75) is 97.3 Å². The van der Waals surface area contributed by atoms with Gasteiger partial charge in [0.1, 0.15) is 5.75 Å². The Morgan fingerprint density at radius 1 is 0.543 bits per heavy atom. The van der Waals surface area contributed by atoms with E-state index in [0.29, 0.717) is 0 Å². The van der Waals surface area contributed by atoms with Crippen LogP contribution in [0.5, 0.6) is 5.75 Å². The van der Waals surface area contributed by atoms with Gasteiger partial charge in [-0.25, -0.2) is 0 Å². The van der Waals surface area contributed by atoms with Crippen molar-refractivity contribution in [1.82, 2.24) is 4.98 Å². The zero-order valence-corrected chi connectivity index (χ0v) is 22.1. The Bertz CT molecular complexity index is 928. The van der Waals surface area contributed by atoms with Crippen LogP contribution in [0.15, 0.2) is 66.9 Å². The van der Waals surface area contributed by atoms with Crippen molar-refractivity contribution in [3.8, 4) is 16.9 Å². The van der Waals surface area contributed by atoms with E-state index in [1.54, 1.807) is 0 Å². The molecule has 2 nitrogen and oxygen atoms in total. The zero-order valence-electron chi connectivity index (χ0n) is 22.1. The van der Waals surface area contributed by atoms with Crippen molar-refractivity contribution < 1.29 is 4.74 Å². The van der Waals surface area contributed by atoms with Gasteiger partial charge in [-0.05, 0) is 72.6 Å². The third-order valence-corrected chi connectivity index (χ3v) is 6.78. The Balaban J connectivity index is 1.39. The molecule has 35 heavy (non-hydrogen) atoms. The highest BCUT2D eigenvalue weighted by atomic mass is 16.5. The van der Waals surface area contributed by atoms with Gasteiger partial charge in [-0.3, -0.25) is 4.98 Å². The van der Waals surface area contributed by atoms with Crippen molar-refractivity contribution in [2.75, 3.05) is 6.61 Å². The number of benzene rings is 2. The Morgan fingerprint density at radius 3 is 1.77 bits per heavy atom. The fraction of sp³-hybridized carbons (Fsp3) is 0.485. The average Bonchev–Trinajstić information content (AvgIpc) is 2.91. The Hall–Kier alpha value is -2.61. The van der Waals surface area contributed by atoms with E-state index in [-0.39, 0.29) is 0 Å². The molecule has 0 radical (unpaired) electrons. The number of aryl methyl sites for hydroxylation is 3. The topological polar surface area (TPSA) is 22.1 Å². The first kappa shape index (κ1) is 27.0. The summed E-state index contributed by atoms with van der Waals surface area (Å²) in [5.41, 5.74) is 6.40. The second-order valence-electron chi connectivity index (χ2n) is 9.81. The quantitative estimate of drug-likeness (QED) is 0.183. The van der Waals surface area contributed by atoms with Crippen molar-refractivity contribution in [3.05, 3.63) is 83.7 Å². The smallest absolute Gasteiger partial charge is 0.119 e. The summed E-state index contributed by atoms with van der Waals surface area (Å²) in [5, 5.41) is 0. The molecule has 0 spiro atoms. The lowest BCUT2D eigenvalue weighted by Crippen LogP contribution is -1.97. The molecule has 0 saturated heterocycles. The first-order chi connectivity index (χ1) is 17.3. The van der Waals surface area contributed by atoms with Gasteiger partial charge in [0.25, 0.3) is 0 Å². The minimum Gasteiger partial charge on any atom is -0.494 e. The van der Waals surface area contributed by atoms with E-state index in [0.717, 1.165) is 38.0 Å². The summed E-state index contributed by atoms with van der Waals surface area (Å²) >= 11 is 0. The Kier molecular flexibility index (Phi) is 12.4. The summed E-state index contributed by atoms with van der Waals surface area (Å²) in [6, 6.07) is 22.0. The van der Waals surface area contributed by atoms with Gasteiger partial charge in [0, 0.05) is 11.9 Å². The molecule has 0 aliphatic heterocycles. The summed E-state index contributed by atoms with van der Waals surface area (Å²) in [5.74, 6) is 0.968. The second kappa shape index (κ2) is 16.1. The highest BCUT2D eigenvalue weighted by molar-refractivity contribution is 5.64. The third-order valence-electron chi connectivity index (χ3n) is 6.78. The van der Waals surface area contributed by atoms with Crippen molar-refractivity contribution >= 4 is 0 Å². The van der Waals surface area contributed by atoms with Crippen LogP contribution in [0.2, 0.25) is 0 Å². The molecule has 0 aliphatic carbocycles. The molecule has 188 valence electrons. The predicted molar refractivity (Wildman–Crippen MR) is 150 cm³/mol. The molecule has 0 atom stereocenters. The first-order valence-corrected chi connectivity index (χ1v) is 14.0. The lowest BCUT2D eigenvalue weighted by molar-refractivity contribution is 0.304. The van der Waals surface area contributed by atoms with Crippen LogP contribution in [0, 0.1) is 0 Å². The summed E-state index contributed by atoms with van der Waals surface area (Å²) in [7, 11) is 0. The second-order valence-corrected chi connectivity index (χ2v) is 9.81. The monoisotopic (exact) mass is 471 g/mol. The molecule has 0 amide bonds. The molecule has 0 aliphatic rings. The summed E-state index contributed by atoms with van der Waals surface area (Å²) in [6.07, 6.45) is 18.2. The van der Waals surface area contributed by atoms with Crippen LogP contribution in [0.25, 0.3) is 11.1 Å². The lowest BCUT2D eigenvalue weighted by atomic mass is 10.0. The van der Waals surface area contributed by atoms with Crippen LogP contribution in [0.1, 0.15) is 94.9 Å². The fourth-order valence-electron chi connectivity index (χ4n) is 4.46. The van der Waals surface area contributed by atoms with E-state index in [1.165, 1.54) is 85.7 Å². The van der Waals surface area contributed by atoms with E-state index in [1.807, 2.05) is 0 Å². The normalized spacial score (nSPS) is 11.0. The number of rotatable bonds is 17. The molecule has 2 aromatic carbocycles. The van der Waals surface area contributed by atoms with E-state index < -0.39 is 0 Å². The number of aromatic nitrogens is 1. The van der Waals surface area contributed by atoms with E-state index in [9.17, 15) is 0 Å². The summed E-state index contributed by atoms with van der Waals surface area (Å²) in [4.78, 5) is 4.71. The van der Waals surface area contributed by atoms with Crippen LogP contribution in [-0.2, 0) is 19.3 Å². The molecule has 3 aromatic rings. The Labute approximate surface area is 214 Å². The maximum absolute atomic E-state index is 5.90. The average molecular weight is 472 g/mol. The van der Waals surface area contributed by atoms with Crippen LogP contribution in [0.4, 0.5) is 0 Å². The number of ether oxygens (including phenoxy) is 1. The van der Waals surface area contributed by atoms with Gasteiger partial charge in [0.2, 0.25) is 0 Å². The van der Waals surface area contributed by atoms with Crippen LogP contribution in [0.3, 0.4) is 0 Å². The summed E-state index contributed by atoms with van der Waals surface area (Å²) < 4.78 is 5.90. The summed E-state index contributed by atoms with van der Waals surface area (Å²) in [6.45, 7) is 5.33. The van der Waals surface area contributed by atoms with E-state index in [2.05, 4.69) is 80.7 Å².